The summed E-state index contributed by atoms with van der Waals surface area (Å²) in [6.07, 6.45) is 0. The molecule has 0 aliphatic carbocycles. The summed E-state index contributed by atoms with van der Waals surface area (Å²) >= 11 is 5.02. The second-order valence-electron chi connectivity index (χ2n) is 4.75. The lowest BCUT2D eigenvalue weighted by atomic mass is 10.2. The largest absolute Gasteiger partial charge is 0.355 e. The van der Waals surface area contributed by atoms with Crippen LogP contribution in [0, 0.1) is 0 Å². The van der Waals surface area contributed by atoms with Gasteiger partial charge >= 0.3 is 0 Å². The molecular formula is C16H19BrN4OS. The molecule has 0 bridgehead atoms. The predicted octanol–water partition coefficient (Wildman–Crippen LogP) is 2.61. The Bertz CT molecular complexity index is 641. The van der Waals surface area contributed by atoms with Gasteiger partial charge in [0.05, 0.1) is 0 Å². The molecule has 0 fully saturated rings. The first-order chi connectivity index (χ1) is 11.2. The zero-order valence-corrected chi connectivity index (χ0v) is 15.2. The topological polar surface area (TPSA) is 65.5 Å². The molecule has 0 unspecified atom stereocenters. The third-order valence-electron chi connectivity index (χ3n) is 3.07. The number of guanidine groups is 1. The third kappa shape index (κ3) is 6.03. The number of carbonyl (C=O) groups is 1. The van der Waals surface area contributed by atoms with E-state index in [9.17, 15) is 4.79 Å². The molecule has 1 amide bonds. The minimum atomic E-state index is -0.0829. The van der Waals surface area contributed by atoms with E-state index in [0.29, 0.717) is 24.6 Å². The maximum Gasteiger partial charge on any atom is 0.251 e. The number of thiophene rings is 1. The minimum absolute atomic E-state index is 0.0829. The van der Waals surface area contributed by atoms with E-state index in [1.807, 2.05) is 17.5 Å². The molecule has 0 radical (unpaired) electrons. The molecule has 3 N–H and O–H groups in total. The minimum Gasteiger partial charge on any atom is -0.355 e. The Morgan fingerprint density at radius 1 is 1.13 bits per heavy atom. The van der Waals surface area contributed by atoms with Crippen molar-refractivity contribution < 1.29 is 4.79 Å². The first-order valence-electron chi connectivity index (χ1n) is 7.18. The molecular weight excluding hydrogens is 376 g/mol. The number of nitrogens with one attached hydrogen (secondary N) is 3. The Labute approximate surface area is 148 Å². The molecule has 0 aliphatic heterocycles. The SMILES string of the molecule is CN=C(NCCNC(=O)c1ccc(Br)cc1)NCc1ccsc1. The summed E-state index contributed by atoms with van der Waals surface area (Å²) in [4.78, 5) is 16.1. The average Bonchev–Trinajstić information content (AvgIpc) is 3.08. The van der Waals surface area contributed by atoms with Crippen LogP contribution < -0.4 is 16.0 Å². The van der Waals surface area contributed by atoms with Crippen molar-refractivity contribution in [2.75, 3.05) is 20.1 Å². The van der Waals surface area contributed by atoms with Crippen molar-refractivity contribution in [2.45, 2.75) is 6.54 Å². The van der Waals surface area contributed by atoms with Gasteiger partial charge in [-0.2, -0.15) is 11.3 Å². The molecule has 1 aromatic carbocycles. The Hall–Kier alpha value is -1.86. The van der Waals surface area contributed by atoms with Gasteiger partial charge in [-0.1, -0.05) is 15.9 Å². The number of carbonyl (C=O) groups excluding carboxylic acids is 1. The van der Waals surface area contributed by atoms with Crippen LogP contribution >= 0.6 is 27.3 Å². The van der Waals surface area contributed by atoms with Crippen LogP contribution in [0.1, 0.15) is 15.9 Å². The van der Waals surface area contributed by atoms with E-state index >= 15 is 0 Å². The zero-order chi connectivity index (χ0) is 16.5. The standard InChI is InChI=1S/C16H19BrN4OS/c1-18-16(21-10-12-6-9-23-11-12)20-8-7-19-15(22)13-2-4-14(17)5-3-13/h2-6,9,11H,7-8,10H2,1H3,(H,19,22)(H2,18,20,21). The lowest BCUT2D eigenvalue weighted by molar-refractivity contribution is 0.0954. The highest BCUT2D eigenvalue weighted by atomic mass is 79.9. The molecule has 0 saturated carbocycles. The van der Waals surface area contributed by atoms with Crippen LogP contribution in [0.15, 0.2) is 50.6 Å². The summed E-state index contributed by atoms with van der Waals surface area (Å²) in [6.45, 7) is 1.86. The highest BCUT2D eigenvalue weighted by Gasteiger charge is 2.04. The van der Waals surface area contributed by atoms with Crippen molar-refractivity contribution in [1.82, 2.24) is 16.0 Å². The number of halogens is 1. The van der Waals surface area contributed by atoms with Crippen LogP contribution in [0.4, 0.5) is 0 Å². The fourth-order valence-electron chi connectivity index (χ4n) is 1.86. The van der Waals surface area contributed by atoms with E-state index in [-0.39, 0.29) is 5.91 Å². The molecule has 2 aromatic rings. The van der Waals surface area contributed by atoms with Crippen molar-refractivity contribution in [1.29, 1.82) is 0 Å². The number of benzene rings is 1. The van der Waals surface area contributed by atoms with Gasteiger partial charge in [0, 0.05) is 36.7 Å². The second kappa shape index (κ2) is 9.32. The van der Waals surface area contributed by atoms with Gasteiger partial charge in [-0.15, -0.1) is 0 Å². The second-order valence-corrected chi connectivity index (χ2v) is 6.44. The monoisotopic (exact) mass is 394 g/mol. The number of amides is 1. The molecule has 23 heavy (non-hydrogen) atoms. The molecule has 0 spiro atoms. The molecule has 1 heterocycles. The third-order valence-corrected chi connectivity index (χ3v) is 4.33. The molecule has 0 saturated heterocycles. The molecule has 0 aliphatic rings. The first-order valence-corrected chi connectivity index (χ1v) is 8.92. The van der Waals surface area contributed by atoms with E-state index in [4.69, 9.17) is 0 Å². The zero-order valence-electron chi connectivity index (χ0n) is 12.8. The van der Waals surface area contributed by atoms with Crippen LogP contribution in [-0.2, 0) is 6.54 Å². The first kappa shape index (κ1) is 17.5. The van der Waals surface area contributed by atoms with Crippen molar-refractivity contribution >= 4 is 39.1 Å². The van der Waals surface area contributed by atoms with Crippen LogP contribution in [0.3, 0.4) is 0 Å². The van der Waals surface area contributed by atoms with Crippen molar-refractivity contribution in [3.05, 3.63) is 56.7 Å². The fourth-order valence-corrected chi connectivity index (χ4v) is 2.79. The Morgan fingerprint density at radius 2 is 1.87 bits per heavy atom. The van der Waals surface area contributed by atoms with Crippen molar-refractivity contribution in [3.8, 4) is 0 Å². The average molecular weight is 395 g/mol. The number of aliphatic imine (C=N–C) groups is 1. The highest BCUT2D eigenvalue weighted by molar-refractivity contribution is 9.10. The van der Waals surface area contributed by atoms with E-state index in [1.165, 1.54) is 5.56 Å². The summed E-state index contributed by atoms with van der Waals surface area (Å²) in [7, 11) is 1.73. The van der Waals surface area contributed by atoms with Gasteiger partial charge in [-0.05, 0) is 46.7 Å². The van der Waals surface area contributed by atoms with Gasteiger partial charge in [0.2, 0.25) is 0 Å². The maximum absolute atomic E-state index is 12.0. The lowest BCUT2D eigenvalue weighted by Gasteiger charge is -2.12. The van der Waals surface area contributed by atoms with Gasteiger partial charge in [-0.25, -0.2) is 0 Å². The van der Waals surface area contributed by atoms with Gasteiger partial charge in [0.15, 0.2) is 5.96 Å². The highest BCUT2D eigenvalue weighted by Crippen LogP contribution is 2.10. The lowest BCUT2D eigenvalue weighted by Crippen LogP contribution is -2.41. The molecule has 5 nitrogen and oxygen atoms in total. The van der Waals surface area contributed by atoms with Gasteiger partial charge in [0.25, 0.3) is 5.91 Å². The molecule has 122 valence electrons. The summed E-state index contributed by atoms with van der Waals surface area (Å²) in [5.74, 6) is 0.634. The number of hydrogen-bond donors (Lipinski definition) is 3. The number of rotatable bonds is 6. The maximum atomic E-state index is 12.0. The van der Waals surface area contributed by atoms with Gasteiger partial charge in [0.1, 0.15) is 0 Å². The van der Waals surface area contributed by atoms with E-state index in [0.717, 1.165) is 11.0 Å². The Morgan fingerprint density at radius 3 is 2.52 bits per heavy atom. The van der Waals surface area contributed by atoms with Gasteiger partial charge < -0.3 is 16.0 Å². The molecule has 1 aromatic heterocycles. The summed E-state index contributed by atoms with van der Waals surface area (Å²) in [6, 6.07) is 9.35. The number of hydrogen-bond acceptors (Lipinski definition) is 3. The van der Waals surface area contributed by atoms with E-state index < -0.39 is 0 Å². The summed E-state index contributed by atoms with van der Waals surface area (Å²) in [5.41, 5.74) is 1.87. The molecule has 2 rings (SSSR count). The van der Waals surface area contributed by atoms with Crippen LogP contribution in [0.25, 0.3) is 0 Å². The Kier molecular flexibility index (Phi) is 7.09. The van der Waals surface area contributed by atoms with Crippen LogP contribution in [0.5, 0.6) is 0 Å². The molecule has 7 heteroatoms. The smallest absolute Gasteiger partial charge is 0.251 e. The predicted molar refractivity (Wildman–Crippen MR) is 99.0 cm³/mol. The number of nitrogens with zero attached hydrogens (tertiary/aromatic N) is 1. The summed E-state index contributed by atoms with van der Waals surface area (Å²) < 4.78 is 0.955. The van der Waals surface area contributed by atoms with Crippen LogP contribution in [-0.4, -0.2) is 32.0 Å². The quantitative estimate of drug-likeness (QED) is 0.400. The van der Waals surface area contributed by atoms with Crippen molar-refractivity contribution in [2.24, 2.45) is 4.99 Å². The van der Waals surface area contributed by atoms with Crippen LogP contribution in [0.2, 0.25) is 0 Å². The molecule has 0 atom stereocenters. The van der Waals surface area contributed by atoms with Gasteiger partial charge in [-0.3, -0.25) is 9.79 Å². The Balaban J connectivity index is 1.67. The van der Waals surface area contributed by atoms with Crippen molar-refractivity contribution in [3.63, 3.8) is 0 Å². The summed E-state index contributed by atoms with van der Waals surface area (Å²) in [5, 5.41) is 13.4. The van der Waals surface area contributed by atoms with E-state index in [2.05, 4.69) is 48.3 Å². The van der Waals surface area contributed by atoms with E-state index in [1.54, 1.807) is 30.5 Å². The fraction of sp³-hybridized carbons (Fsp3) is 0.250. The normalized spacial score (nSPS) is 11.1.